The summed E-state index contributed by atoms with van der Waals surface area (Å²) in [4.78, 5) is 21.6. The van der Waals surface area contributed by atoms with Crippen LogP contribution in [0.2, 0.25) is 0 Å². The van der Waals surface area contributed by atoms with Crippen molar-refractivity contribution in [2.75, 3.05) is 45.6 Å². The lowest BCUT2D eigenvalue weighted by Crippen LogP contribution is -2.55. The van der Waals surface area contributed by atoms with Crippen LogP contribution in [0.3, 0.4) is 0 Å². The molecule has 2 fully saturated rings. The second-order valence-corrected chi connectivity index (χ2v) is 9.13. The molecule has 2 N–H and O–H groups in total. The molecule has 0 bridgehead atoms. The summed E-state index contributed by atoms with van der Waals surface area (Å²) >= 11 is 0. The molecule has 8 nitrogen and oxygen atoms in total. The molecule has 32 heavy (non-hydrogen) atoms. The maximum absolute atomic E-state index is 12.9. The van der Waals surface area contributed by atoms with Crippen molar-refractivity contribution >= 4 is 11.6 Å². The van der Waals surface area contributed by atoms with E-state index < -0.39 is 0 Å². The Morgan fingerprint density at radius 2 is 1.94 bits per heavy atom. The van der Waals surface area contributed by atoms with E-state index in [-0.39, 0.29) is 17.2 Å². The quantitative estimate of drug-likeness (QED) is 0.659. The van der Waals surface area contributed by atoms with Crippen LogP contribution < -0.4 is 5.32 Å². The maximum Gasteiger partial charge on any atom is 0.255 e. The Morgan fingerprint density at radius 1 is 1.12 bits per heavy atom. The summed E-state index contributed by atoms with van der Waals surface area (Å²) in [6.07, 6.45) is 4.27. The summed E-state index contributed by atoms with van der Waals surface area (Å²) in [5.74, 6) is 0.502. The monoisotopic (exact) mass is 432 g/mol. The smallest absolute Gasteiger partial charge is 0.255 e. The summed E-state index contributed by atoms with van der Waals surface area (Å²) in [5.41, 5.74) is 4.42. The molecule has 0 saturated carbocycles. The standard InChI is InChI=1S/C24H28N6O2/c1-16-10-18(25-2)5-6-19(16)20-12-27-30(23(20)32)21-7-4-17(11-26-21)22(31)29-9-8-24(15-29)13-28(3)14-24/h4-7,10-12,25,32H,8-9,13-15H2,1-3H3. The number of nitrogens with zero attached hydrogens (tertiary/aromatic N) is 5. The van der Waals surface area contributed by atoms with Gasteiger partial charge in [-0.05, 0) is 55.8 Å². The molecule has 2 aliphatic heterocycles. The first-order valence-corrected chi connectivity index (χ1v) is 10.9. The number of aromatic nitrogens is 3. The van der Waals surface area contributed by atoms with Crippen molar-refractivity contribution in [2.24, 2.45) is 5.41 Å². The number of aromatic hydroxyl groups is 1. The molecule has 3 aromatic rings. The van der Waals surface area contributed by atoms with Crippen molar-refractivity contribution in [3.05, 3.63) is 53.9 Å². The van der Waals surface area contributed by atoms with Gasteiger partial charge in [0.2, 0.25) is 5.88 Å². The molecular formula is C24H28N6O2. The average molecular weight is 433 g/mol. The molecule has 2 aliphatic rings. The van der Waals surface area contributed by atoms with Crippen LogP contribution in [0, 0.1) is 12.3 Å². The van der Waals surface area contributed by atoms with Gasteiger partial charge in [-0.2, -0.15) is 9.78 Å². The van der Waals surface area contributed by atoms with Gasteiger partial charge in [-0.1, -0.05) is 6.07 Å². The zero-order valence-electron chi connectivity index (χ0n) is 18.7. The van der Waals surface area contributed by atoms with Gasteiger partial charge < -0.3 is 20.2 Å². The summed E-state index contributed by atoms with van der Waals surface area (Å²) in [5, 5.41) is 18.3. The van der Waals surface area contributed by atoms with E-state index in [1.165, 1.54) is 4.68 Å². The Balaban J connectivity index is 1.34. The number of nitrogens with one attached hydrogen (secondary N) is 1. The third kappa shape index (κ3) is 3.40. The minimum atomic E-state index is 0.0149. The fourth-order valence-electron chi connectivity index (χ4n) is 5.11. The zero-order chi connectivity index (χ0) is 22.5. The van der Waals surface area contributed by atoms with Crippen LogP contribution in [0.15, 0.2) is 42.7 Å². The summed E-state index contributed by atoms with van der Waals surface area (Å²) < 4.78 is 1.39. The second-order valence-electron chi connectivity index (χ2n) is 9.13. The first kappa shape index (κ1) is 20.5. The summed E-state index contributed by atoms with van der Waals surface area (Å²) in [6.45, 7) is 5.73. The molecule has 1 amide bonds. The van der Waals surface area contributed by atoms with Gasteiger partial charge in [-0.25, -0.2) is 4.98 Å². The van der Waals surface area contributed by atoms with E-state index in [1.54, 1.807) is 24.5 Å². The van der Waals surface area contributed by atoms with Crippen molar-refractivity contribution in [1.29, 1.82) is 0 Å². The van der Waals surface area contributed by atoms with Crippen LogP contribution in [-0.2, 0) is 0 Å². The zero-order valence-corrected chi connectivity index (χ0v) is 18.7. The van der Waals surface area contributed by atoms with Gasteiger partial charge in [-0.15, -0.1) is 0 Å². The lowest BCUT2D eigenvalue weighted by atomic mass is 9.79. The lowest BCUT2D eigenvalue weighted by Gasteiger charge is -2.46. The van der Waals surface area contributed by atoms with Gasteiger partial charge in [0.05, 0.1) is 17.3 Å². The molecule has 1 spiro atoms. The fraction of sp³-hybridized carbons (Fsp3) is 0.375. The average Bonchev–Trinajstić information content (AvgIpc) is 3.38. The van der Waals surface area contributed by atoms with Crippen LogP contribution >= 0.6 is 0 Å². The SMILES string of the molecule is CNc1ccc(-c2cnn(-c3ccc(C(=O)N4CCC5(CN(C)C5)C4)cn3)c2O)c(C)c1. The van der Waals surface area contributed by atoms with E-state index in [1.807, 2.05) is 37.1 Å². The maximum atomic E-state index is 12.9. The number of aryl methyl sites for hydroxylation is 1. The fourth-order valence-corrected chi connectivity index (χ4v) is 5.11. The number of carbonyl (C=O) groups excluding carboxylic acids is 1. The Morgan fingerprint density at radius 3 is 2.59 bits per heavy atom. The molecular weight excluding hydrogens is 404 g/mol. The third-order valence-electron chi connectivity index (χ3n) is 6.70. The van der Waals surface area contributed by atoms with Gasteiger partial charge >= 0.3 is 0 Å². The van der Waals surface area contributed by atoms with Crippen molar-refractivity contribution in [3.63, 3.8) is 0 Å². The summed E-state index contributed by atoms with van der Waals surface area (Å²) in [6, 6.07) is 9.43. The van der Waals surface area contributed by atoms with Crippen LogP contribution in [0.1, 0.15) is 22.3 Å². The van der Waals surface area contributed by atoms with E-state index in [4.69, 9.17) is 0 Å². The number of likely N-dealkylation sites (tertiary alicyclic amines) is 2. The first-order valence-electron chi connectivity index (χ1n) is 10.9. The van der Waals surface area contributed by atoms with Crippen LogP contribution in [0.25, 0.3) is 16.9 Å². The first-order chi connectivity index (χ1) is 15.4. The molecule has 2 saturated heterocycles. The number of rotatable bonds is 4. The molecule has 1 aromatic carbocycles. The molecule has 0 atom stereocenters. The summed E-state index contributed by atoms with van der Waals surface area (Å²) in [7, 11) is 3.99. The molecule has 0 unspecified atom stereocenters. The number of carbonyl (C=O) groups is 1. The Labute approximate surface area is 187 Å². The van der Waals surface area contributed by atoms with Gasteiger partial charge in [0.1, 0.15) is 0 Å². The highest BCUT2D eigenvalue weighted by atomic mass is 16.3. The molecule has 0 aliphatic carbocycles. The molecule has 2 aromatic heterocycles. The highest BCUT2D eigenvalue weighted by molar-refractivity contribution is 5.94. The molecule has 0 radical (unpaired) electrons. The minimum absolute atomic E-state index is 0.0149. The number of pyridine rings is 1. The minimum Gasteiger partial charge on any atom is -0.493 e. The molecule has 4 heterocycles. The van der Waals surface area contributed by atoms with Gasteiger partial charge in [0.25, 0.3) is 5.91 Å². The molecule has 8 heteroatoms. The van der Waals surface area contributed by atoms with E-state index in [0.717, 1.165) is 49.4 Å². The van der Waals surface area contributed by atoms with Crippen molar-refractivity contribution in [3.8, 4) is 22.8 Å². The highest BCUT2D eigenvalue weighted by Gasteiger charge is 2.47. The molecule has 5 rings (SSSR count). The van der Waals surface area contributed by atoms with Crippen LogP contribution in [0.5, 0.6) is 5.88 Å². The number of benzene rings is 1. The third-order valence-corrected chi connectivity index (χ3v) is 6.70. The topological polar surface area (TPSA) is 86.5 Å². The Kier molecular flexibility index (Phi) is 4.89. The number of hydrogen-bond acceptors (Lipinski definition) is 6. The Bertz CT molecular complexity index is 1160. The number of anilines is 1. The molecule has 166 valence electrons. The number of amides is 1. The predicted octanol–water partition coefficient (Wildman–Crippen LogP) is 2.77. The largest absolute Gasteiger partial charge is 0.493 e. The van der Waals surface area contributed by atoms with Crippen LogP contribution in [0.4, 0.5) is 5.69 Å². The van der Waals surface area contributed by atoms with Gasteiger partial charge in [-0.3, -0.25) is 4.79 Å². The second kappa shape index (κ2) is 7.63. The van der Waals surface area contributed by atoms with E-state index in [0.29, 0.717) is 16.9 Å². The van der Waals surface area contributed by atoms with Crippen LogP contribution in [-0.4, -0.2) is 75.9 Å². The van der Waals surface area contributed by atoms with Crippen molar-refractivity contribution in [2.45, 2.75) is 13.3 Å². The van der Waals surface area contributed by atoms with E-state index >= 15 is 0 Å². The van der Waals surface area contributed by atoms with Gasteiger partial charge in [0, 0.05) is 50.5 Å². The highest BCUT2D eigenvalue weighted by Crippen LogP contribution is 2.39. The van der Waals surface area contributed by atoms with Crippen molar-refractivity contribution in [1.82, 2.24) is 24.6 Å². The Hall–Kier alpha value is -3.39. The lowest BCUT2D eigenvalue weighted by molar-refractivity contribution is 0.0294. The normalized spacial score (nSPS) is 17.5. The number of hydrogen-bond donors (Lipinski definition) is 2. The predicted molar refractivity (Wildman–Crippen MR) is 123 cm³/mol. The van der Waals surface area contributed by atoms with E-state index in [9.17, 15) is 9.90 Å². The van der Waals surface area contributed by atoms with Gasteiger partial charge in [0.15, 0.2) is 5.82 Å². The van der Waals surface area contributed by atoms with Crippen molar-refractivity contribution < 1.29 is 9.90 Å². The van der Waals surface area contributed by atoms with E-state index in [2.05, 4.69) is 27.3 Å².